The largest absolute Gasteiger partial charge is 0.331 e. The maximum atomic E-state index is 13.9. The molecule has 3 rings (SSSR count). The summed E-state index contributed by atoms with van der Waals surface area (Å²) in [5, 5.41) is 2.74. The normalized spacial score (nSPS) is 16.0. The molecule has 2 aromatic carbocycles. The van der Waals surface area contributed by atoms with Gasteiger partial charge >= 0.3 is 6.03 Å². The number of nitrogens with zero attached hydrogens (tertiary/aromatic N) is 1. The maximum Gasteiger partial charge on any atom is 0.317 e. The number of nitrogens with one attached hydrogen (secondary N) is 1. The van der Waals surface area contributed by atoms with E-state index in [0.29, 0.717) is 31.5 Å². The van der Waals surface area contributed by atoms with Crippen LogP contribution >= 0.6 is 0 Å². The standard InChI is InChI=1S/C21H22F2N2O2/c1-14(18-8-7-17(22)13-19(18)23)24-21(27)25-11-9-16(10-12-25)20(26)15-5-3-2-4-6-15/h2-8,13-14,16H,9-12H2,1H3,(H,24,27). The number of amides is 2. The molecule has 2 amide bonds. The van der Waals surface area contributed by atoms with Crippen molar-refractivity contribution in [1.29, 1.82) is 0 Å². The lowest BCUT2D eigenvalue weighted by Crippen LogP contribution is -2.46. The van der Waals surface area contributed by atoms with Crippen molar-refractivity contribution in [3.05, 3.63) is 71.3 Å². The van der Waals surface area contributed by atoms with Crippen molar-refractivity contribution in [1.82, 2.24) is 10.2 Å². The molecule has 1 fully saturated rings. The van der Waals surface area contributed by atoms with Gasteiger partial charge in [0.25, 0.3) is 0 Å². The zero-order valence-corrected chi connectivity index (χ0v) is 15.1. The SMILES string of the molecule is CC(NC(=O)N1CCC(C(=O)c2ccccc2)CC1)c1ccc(F)cc1F. The quantitative estimate of drug-likeness (QED) is 0.812. The van der Waals surface area contributed by atoms with E-state index in [1.165, 1.54) is 12.1 Å². The fraction of sp³-hybridized carbons (Fsp3) is 0.333. The van der Waals surface area contributed by atoms with E-state index in [9.17, 15) is 18.4 Å². The van der Waals surface area contributed by atoms with E-state index < -0.39 is 17.7 Å². The number of rotatable bonds is 4. The molecule has 0 radical (unpaired) electrons. The number of Topliss-reactive ketones (excluding diaryl/α,β-unsaturated/α-hetero) is 1. The highest BCUT2D eigenvalue weighted by atomic mass is 19.1. The molecule has 0 aromatic heterocycles. The Kier molecular flexibility index (Phi) is 5.84. The van der Waals surface area contributed by atoms with Crippen LogP contribution in [0.15, 0.2) is 48.5 Å². The highest BCUT2D eigenvalue weighted by molar-refractivity contribution is 5.98. The summed E-state index contributed by atoms with van der Waals surface area (Å²) in [6.45, 7) is 2.58. The van der Waals surface area contributed by atoms with Crippen molar-refractivity contribution in [2.75, 3.05) is 13.1 Å². The van der Waals surface area contributed by atoms with Gasteiger partial charge in [0.05, 0.1) is 6.04 Å². The minimum Gasteiger partial charge on any atom is -0.331 e. The van der Waals surface area contributed by atoms with Crippen molar-refractivity contribution in [3.8, 4) is 0 Å². The van der Waals surface area contributed by atoms with Crippen LogP contribution in [-0.4, -0.2) is 29.8 Å². The number of urea groups is 1. The Hall–Kier alpha value is -2.76. The minimum absolute atomic E-state index is 0.0941. The molecule has 2 aromatic rings. The highest BCUT2D eigenvalue weighted by Crippen LogP contribution is 2.23. The van der Waals surface area contributed by atoms with Crippen LogP contribution in [0.25, 0.3) is 0 Å². The lowest BCUT2D eigenvalue weighted by Gasteiger charge is -2.32. The Labute approximate surface area is 157 Å². The lowest BCUT2D eigenvalue weighted by atomic mass is 9.89. The van der Waals surface area contributed by atoms with Crippen LogP contribution in [0, 0.1) is 17.6 Å². The third-order valence-corrected chi connectivity index (χ3v) is 4.98. The van der Waals surface area contributed by atoms with Crippen LogP contribution in [0.1, 0.15) is 41.7 Å². The summed E-state index contributed by atoms with van der Waals surface area (Å²) in [6.07, 6.45) is 1.20. The van der Waals surface area contributed by atoms with Crippen LogP contribution in [0.4, 0.5) is 13.6 Å². The second-order valence-electron chi connectivity index (χ2n) is 6.83. The zero-order valence-electron chi connectivity index (χ0n) is 15.1. The van der Waals surface area contributed by atoms with Gasteiger partial charge in [-0.15, -0.1) is 0 Å². The topological polar surface area (TPSA) is 49.4 Å². The zero-order chi connectivity index (χ0) is 19.4. The molecule has 4 nitrogen and oxygen atoms in total. The van der Waals surface area contributed by atoms with Gasteiger partial charge in [0.2, 0.25) is 0 Å². The molecule has 142 valence electrons. The Morgan fingerprint density at radius 3 is 2.37 bits per heavy atom. The smallest absolute Gasteiger partial charge is 0.317 e. The number of likely N-dealkylation sites (tertiary alicyclic amines) is 1. The first-order valence-corrected chi connectivity index (χ1v) is 9.05. The Bertz CT molecular complexity index is 818. The van der Waals surface area contributed by atoms with Crippen LogP contribution in [0.5, 0.6) is 0 Å². The monoisotopic (exact) mass is 372 g/mol. The second kappa shape index (κ2) is 8.29. The first-order chi connectivity index (χ1) is 13.0. The molecule has 1 aliphatic heterocycles. The summed E-state index contributed by atoms with van der Waals surface area (Å²) in [5.41, 5.74) is 0.930. The predicted molar refractivity (Wildman–Crippen MR) is 98.4 cm³/mol. The van der Waals surface area contributed by atoms with E-state index in [-0.39, 0.29) is 23.3 Å². The highest BCUT2D eigenvalue weighted by Gasteiger charge is 2.28. The lowest BCUT2D eigenvalue weighted by molar-refractivity contribution is 0.0853. The van der Waals surface area contributed by atoms with Gasteiger partial charge in [0, 0.05) is 36.2 Å². The third kappa shape index (κ3) is 4.51. The first kappa shape index (κ1) is 19.0. The molecular weight excluding hydrogens is 350 g/mol. The minimum atomic E-state index is -0.685. The van der Waals surface area contributed by atoms with Crippen molar-refractivity contribution in [2.45, 2.75) is 25.8 Å². The van der Waals surface area contributed by atoms with Gasteiger partial charge < -0.3 is 10.2 Å². The summed E-state index contributed by atoms with van der Waals surface area (Å²) in [6, 6.07) is 11.6. The van der Waals surface area contributed by atoms with E-state index in [1.54, 1.807) is 24.0 Å². The van der Waals surface area contributed by atoms with Gasteiger partial charge in [-0.25, -0.2) is 13.6 Å². The van der Waals surface area contributed by atoms with E-state index in [2.05, 4.69) is 5.32 Å². The first-order valence-electron chi connectivity index (χ1n) is 9.05. The molecule has 1 unspecified atom stereocenters. The molecule has 0 bridgehead atoms. The Morgan fingerprint density at radius 1 is 1.07 bits per heavy atom. The number of benzene rings is 2. The molecule has 1 atom stereocenters. The van der Waals surface area contributed by atoms with E-state index in [4.69, 9.17) is 0 Å². The number of hydrogen-bond acceptors (Lipinski definition) is 2. The van der Waals surface area contributed by atoms with Crippen LogP contribution in [-0.2, 0) is 0 Å². The Balaban J connectivity index is 1.54. The van der Waals surface area contributed by atoms with Gasteiger partial charge in [0.15, 0.2) is 5.78 Å². The van der Waals surface area contributed by atoms with Crippen LogP contribution in [0.2, 0.25) is 0 Å². The molecule has 1 N–H and O–H groups in total. The van der Waals surface area contributed by atoms with Crippen molar-refractivity contribution in [2.24, 2.45) is 5.92 Å². The molecule has 1 saturated heterocycles. The van der Waals surface area contributed by atoms with Crippen molar-refractivity contribution in [3.63, 3.8) is 0 Å². The molecule has 0 saturated carbocycles. The molecule has 1 aliphatic rings. The van der Waals surface area contributed by atoms with Crippen molar-refractivity contribution >= 4 is 11.8 Å². The summed E-state index contributed by atoms with van der Waals surface area (Å²) < 4.78 is 26.9. The van der Waals surface area contributed by atoms with Gasteiger partial charge in [-0.2, -0.15) is 0 Å². The van der Waals surface area contributed by atoms with E-state index in [0.717, 1.165) is 6.07 Å². The second-order valence-corrected chi connectivity index (χ2v) is 6.83. The molecule has 27 heavy (non-hydrogen) atoms. The molecule has 6 heteroatoms. The van der Waals surface area contributed by atoms with Gasteiger partial charge in [-0.3, -0.25) is 4.79 Å². The van der Waals surface area contributed by atoms with Gasteiger partial charge in [-0.05, 0) is 25.8 Å². The summed E-state index contributed by atoms with van der Waals surface area (Å²) in [5.74, 6) is -1.32. The Morgan fingerprint density at radius 2 is 1.74 bits per heavy atom. The number of piperidine rings is 1. The third-order valence-electron chi connectivity index (χ3n) is 4.98. The molecular formula is C21H22F2N2O2. The fourth-order valence-corrected chi connectivity index (χ4v) is 3.39. The van der Waals surface area contributed by atoms with E-state index in [1.807, 2.05) is 18.2 Å². The van der Waals surface area contributed by atoms with Gasteiger partial charge in [-0.1, -0.05) is 36.4 Å². The number of ketones is 1. The maximum absolute atomic E-state index is 13.9. The summed E-state index contributed by atoms with van der Waals surface area (Å²) in [7, 11) is 0. The number of halogens is 2. The predicted octanol–water partition coefficient (Wildman–Crippen LogP) is 4.33. The number of carbonyl (C=O) groups excluding carboxylic acids is 2. The molecule has 0 aliphatic carbocycles. The van der Waals surface area contributed by atoms with Crippen molar-refractivity contribution < 1.29 is 18.4 Å². The number of carbonyl (C=O) groups is 2. The average Bonchev–Trinajstić information content (AvgIpc) is 2.68. The fourth-order valence-electron chi connectivity index (χ4n) is 3.39. The molecule has 0 spiro atoms. The average molecular weight is 372 g/mol. The van der Waals surface area contributed by atoms with Crippen LogP contribution in [0.3, 0.4) is 0 Å². The number of hydrogen-bond donors (Lipinski definition) is 1. The molecule has 1 heterocycles. The summed E-state index contributed by atoms with van der Waals surface area (Å²) >= 11 is 0. The van der Waals surface area contributed by atoms with E-state index >= 15 is 0 Å². The van der Waals surface area contributed by atoms with Crippen LogP contribution < -0.4 is 5.32 Å². The summed E-state index contributed by atoms with van der Waals surface area (Å²) in [4.78, 5) is 26.6. The van der Waals surface area contributed by atoms with Gasteiger partial charge in [0.1, 0.15) is 11.6 Å².